The molecule has 0 bridgehead atoms. The largest absolute Gasteiger partial charge is 0.493 e. The molecule has 0 unspecified atom stereocenters. The fourth-order valence-corrected chi connectivity index (χ4v) is 1.32. The molecule has 0 aliphatic heterocycles. The van der Waals surface area contributed by atoms with Crippen molar-refractivity contribution in [2.45, 2.75) is 20.3 Å². The fraction of sp³-hybridized carbons (Fsp3) is 0.429. The molecule has 0 aromatic heterocycles. The maximum absolute atomic E-state index is 9.27. The van der Waals surface area contributed by atoms with Gasteiger partial charge in [-0.2, -0.15) is 10.5 Å². The molecule has 4 nitrogen and oxygen atoms in total. The monoisotopic (exact) mass is 244 g/mol. The van der Waals surface area contributed by atoms with Crippen molar-refractivity contribution >= 4 is 0 Å². The smallest absolute Gasteiger partial charge is 0.120 e. The van der Waals surface area contributed by atoms with Crippen molar-refractivity contribution in [3.63, 3.8) is 0 Å². The number of ether oxygens (including phenoxy) is 1. The van der Waals surface area contributed by atoms with E-state index in [1.165, 1.54) is 0 Å². The van der Waals surface area contributed by atoms with Crippen LogP contribution >= 0.6 is 0 Å². The van der Waals surface area contributed by atoms with Gasteiger partial charge in [-0.15, -0.1) is 0 Å². The second-order valence-corrected chi connectivity index (χ2v) is 4.54. The molecule has 1 atom stereocenters. The van der Waals surface area contributed by atoms with E-state index in [2.05, 4.69) is 0 Å². The van der Waals surface area contributed by atoms with Crippen molar-refractivity contribution in [2.75, 3.05) is 13.2 Å². The van der Waals surface area contributed by atoms with E-state index in [9.17, 15) is 5.11 Å². The topological polar surface area (TPSA) is 77.0 Å². The van der Waals surface area contributed by atoms with Gasteiger partial charge in [0.15, 0.2) is 0 Å². The predicted octanol–water partition coefficient (Wildman–Crippen LogP) is 2.22. The highest BCUT2D eigenvalue weighted by molar-refractivity contribution is 5.49. The van der Waals surface area contributed by atoms with Crippen LogP contribution in [0.15, 0.2) is 18.2 Å². The van der Waals surface area contributed by atoms with Crippen molar-refractivity contribution in [1.82, 2.24) is 0 Å². The first-order chi connectivity index (χ1) is 8.58. The average Bonchev–Trinajstić information content (AvgIpc) is 2.44. The lowest BCUT2D eigenvalue weighted by Gasteiger charge is -2.25. The number of nitrogens with zero attached hydrogens (tertiary/aromatic N) is 2. The highest BCUT2D eigenvalue weighted by Gasteiger charge is 2.22. The van der Waals surface area contributed by atoms with Crippen LogP contribution in [0.5, 0.6) is 5.75 Å². The van der Waals surface area contributed by atoms with Crippen molar-refractivity contribution in [1.29, 1.82) is 10.5 Å². The SMILES string of the molecule is CC[C@@](C)(CO)COc1ccc(C#N)c(C#N)c1. The zero-order valence-electron chi connectivity index (χ0n) is 10.6. The average molecular weight is 244 g/mol. The highest BCUT2D eigenvalue weighted by Crippen LogP contribution is 2.23. The van der Waals surface area contributed by atoms with Crippen molar-refractivity contribution < 1.29 is 9.84 Å². The minimum absolute atomic E-state index is 0.0465. The third kappa shape index (κ3) is 3.23. The van der Waals surface area contributed by atoms with Gasteiger partial charge in [-0.05, 0) is 24.6 Å². The number of nitriles is 2. The second-order valence-electron chi connectivity index (χ2n) is 4.54. The molecule has 0 amide bonds. The molecule has 4 heteroatoms. The van der Waals surface area contributed by atoms with Gasteiger partial charge in [0.25, 0.3) is 0 Å². The molecule has 0 saturated heterocycles. The molecule has 1 N–H and O–H groups in total. The summed E-state index contributed by atoms with van der Waals surface area (Å²) in [6.45, 7) is 4.34. The Balaban J connectivity index is 2.82. The Morgan fingerprint density at radius 2 is 1.94 bits per heavy atom. The summed E-state index contributed by atoms with van der Waals surface area (Å²) in [6.07, 6.45) is 0.797. The first-order valence-corrected chi connectivity index (χ1v) is 5.76. The van der Waals surface area contributed by atoms with E-state index >= 15 is 0 Å². The number of aliphatic hydroxyl groups excluding tert-OH is 1. The molecular weight excluding hydrogens is 228 g/mol. The Bertz CT molecular complexity index is 493. The number of hydrogen-bond acceptors (Lipinski definition) is 4. The van der Waals surface area contributed by atoms with E-state index in [0.717, 1.165) is 6.42 Å². The van der Waals surface area contributed by atoms with Crippen molar-refractivity contribution in [2.24, 2.45) is 5.41 Å². The maximum atomic E-state index is 9.27. The Kier molecular flexibility index (Phi) is 4.71. The fourth-order valence-electron chi connectivity index (χ4n) is 1.32. The highest BCUT2D eigenvalue weighted by atomic mass is 16.5. The van der Waals surface area contributed by atoms with E-state index in [1.807, 2.05) is 26.0 Å². The first kappa shape index (κ1) is 14.0. The van der Waals surface area contributed by atoms with E-state index in [1.54, 1.807) is 18.2 Å². The van der Waals surface area contributed by atoms with E-state index < -0.39 is 0 Å². The van der Waals surface area contributed by atoms with Crippen molar-refractivity contribution in [3.05, 3.63) is 29.3 Å². The molecule has 0 aliphatic rings. The number of benzene rings is 1. The first-order valence-electron chi connectivity index (χ1n) is 5.76. The van der Waals surface area contributed by atoms with Gasteiger partial charge in [0.05, 0.1) is 24.3 Å². The quantitative estimate of drug-likeness (QED) is 0.861. The van der Waals surface area contributed by atoms with Gasteiger partial charge in [-0.1, -0.05) is 13.8 Å². The molecule has 0 saturated carbocycles. The minimum atomic E-state index is -0.291. The maximum Gasteiger partial charge on any atom is 0.120 e. The van der Waals surface area contributed by atoms with Gasteiger partial charge in [-0.3, -0.25) is 0 Å². The molecule has 0 spiro atoms. The molecule has 0 fully saturated rings. The van der Waals surface area contributed by atoms with Gasteiger partial charge in [-0.25, -0.2) is 0 Å². The molecule has 1 rings (SSSR count). The minimum Gasteiger partial charge on any atom is -0.493 e. The third-order valence-corrected chi connectivity index (χ3v) is 3.05. The molecule has 1 aromatic rings. The number of rotatable bonds is 5. The van der Waals surface area contributed by atoms with Crippen LogP contribution < -0.4 is 4.74 Å². The normalized spacial score (nSPS) is 13.2. The summed E-state index contributed by atoms with van der Waals surface area (Å²) >= 11 is 0. The van der Waals surface area contributed by atoms with Crippen LogP contribution in [0.25, 0.3) is 0 Å². The van der Waals surface area contributed by atoms with Crippen LogP contribution in [0.2, 0.25) is 0 Å². The summed E-state index contributed by atoms with van der Waals surface area (Å²) < 4.78 is 5.57. The van der Waals surface area contributed by atoms with Gasteiger partial charge < -0.3 is 9.84 Å². The summed E-state index contributed by atoms with van der Waals surface area (Å²) in [5.41, 5.74) is 0.350. The molecule has 0 heterocycles. The van der Waals surface area contributed by atoms with Crippen LogP contribution in [0, 0.1) is 28.1 Å². The lowest BCUT2D eigenvalue weighted by atomic mass is 9.90. The number of hydrogen-bond donors (Lipinski definition) is 1. The van der Waals surface area contributed by atoms with Crippen LogP contribution in [0.1, 0.15) is 31.4 Å². The zero-order chi connectivity index (χ0) is 13.6. The van der Waals surface area contributed by atoms with Crippen LogP contribution in [-0.2, 0) is 0 Å². The summed E-state index contributed by atoms with van der Waals surface area (Å²) in [7, 11) is 0. The zero-order valence-corrected chi connectivity index (χ0v) is 10.6. The predicted molar refractivity (Wildman–Crippen MR) is 66.9 cm³/mol. The molecular formula is C14H16N2O2. The Labute approximate surface area is 107 Å². The van der Waals surface area contributed by atoms with Gasteiger partial charge >= 0.3 is 0 Å². The van der Waals surface area contributed by atoms with Gasteiger partial charge in [0.1, 0.15) is 17.9 Å². The van der Waals surface area contributed by atoms with E-state index in [4.69, 9.17) is 15.3 Å². The standard InChI is InChI=1S/C14H16N2O2/c1-3-14(2,9-17)10-18-13-5-4-11(7-15)12(6-13)8-16/h4-6,17H,3,9-10H2,1-2H3/t14-/m0/s1. The molecule has 94 valence electrons. The van der Waals surface area contributed by atoms with Gasteiger partial charge in [0, 0.05) is 5.41 Å². The molecule has 1 aromatic carbocycles. The Hall–Kier alpha value is -2.04. The summed E-state index contributed by atoms with van der Waals surface area (Å²) in [4.78, 5) is 0. The molecule has 18 heavy (non-hydrogen) atoms. The summed E-state index contributed by atoms with van der Waals surface area (Å²) in [6, 6.07) is 8.68. The van der Waals surface area contributed by atoms with Crippen LogP contribution in [0.4, 0.5) is 0 Å². The van der Waals surface area contributed by atoms with E-state index in [0.29, 0.717) is 23.5 Å². The third-order valence-electron chi connectivity index (χ3n) is 3.05. The lowest BCUT2D eigenvalue weighted by Crippen LogP contribution is -2.28. The summed E-state index contributed by atoms with van der Waals surface area (Å²) in [5, 5.41) is 27.0. The van der Waals surface area contributed by atoms with Crippen LogP contribution in [-0.4, -0.2) is 18.3 Å². The van der Waals surface area contributed by atoms with Crippen molar-refractivity contribution in [3.8, 4) is 17.9 Å². The summed E-state index contributed by atoms with van der Waals surface area (Å²) in [5.74, 6) is 0.540. The van der Waals surface area contributed by atoms with E-state index in [-0.39, 0.29) is 12.0 Å². The number of aliphatic hydroxyl groups is 1. The Morgan fingerprint density at radius 1 is 1.28 bits per heavy atom. The lowest BCUT2D eigenvalue weighted by molar-refractivity contribution is 0.0784. The Morgan fingerprint density at radius 3 is 2.44 bits per heavy atom. The van der Waals surface area contributed by atoms with Crippen LogP contribution in [0.3, 0.4) is 0 Å². The van der Waals surface area contributed by atoms with Gasteiger partial charge in [0.2, 0.25) is 0 Å². The molecule has 0 radical (unpaired) electrons. The second kappa shape index (κ2) is 6.05. The molecule has 0 aliphatic carbocycles.